The largest absolute Gasteiger partial charge is 0.435 e. The first-order valence-corrected chi connectivity index (χ1v) is 8.95. The molecule has 3 rings (SSSR count). The van der Waals surface area contributed by atoms with E-state index in [-0.39, 0.29) is 17.9 Å². The number of aromatic nitrogens is 2. The van der Waals surface area contributed by atoms with E-state index in [0.717, 1.165) is 16.7 Å². The maximum Gasteiger partial charge on any atom is 0.435 e. The number of nitro benzene ring substituents is 1. The molecule has 0 aliphatic carbocycles. The molecule has 7 nitrogen and oxygen atoms in total. The molecule has 0 atom stereocenters. The fourth-order valence-electron chi connectivity index (χ4n) is 2.53. The fourth-order valence-corrected chi connectivity index (χ4v) is 2.91. The number of halogens is 5. The monoisotopic (exact) mass is 458 g/mol. The van der Waals surface area contributed by atoms with Gasteiger partial charge in [-0.2, -0.15) is 13.2 Å². The summed E-state index contributed by atoms with van der Waals surface area (Å²) in [6.07, 6.45) is -4.96. The van der Waals surface area contributed by atoms with E-state index in [0.29, 0.717) is 10.6 Å². The van der Waals surface area contributed by atoms with Crippen molar-refractivity contribution in [1.29, 1.82) is 0 Å². The molecule has 0 saturated carbocycles. The first-order valence-electron chi connectivity index (χ1n) is 8.19. The van der Waals surface area contributed by atoms with Crippen LogP contribution in [-0.2, 0) is 12.7 Å². The van der Waals surface area contributed by atoms with Crippen LogP contribution in [0.3, 0.4) is 0 Å². The van der Waals surface area contributed by atoms with E-state index in [1.807, 2.05) is 0 Å². The zero-order valence-electron chi connectivity index (χ0n) is 14.8. The fraction of sp³-hybridized carbons (Fsp3) is 0.111. The van der Waals surface area contributed by atoms with Crippen LogP contribution in [0.4, 0.5) is 30.5 Å². The van der Waals surface area contributed by atoms with Crippen LogP contribution in [0, 0.1) is 10.1 Å². The molecule has 0 saturated heterocycles. The third-order valence-corrected chi connectivity index (χ3v) is 4.56. The van der Waals surface area contributed by atoms with E-state index >= 15 is 0 Å². The number of nitrogens with zero attached hydrogens (tertiary/aromatic N) is 3. The van der Waals surface area contributed by atoms with Crippen molar-refractivity contribution in [3.05, 3.63) is 90.3 Å². The lowest BCUT2D eigenvalue weighted by atomic mass is 10.2. The Morgan fingerprint density at radius 2 is 1.67 bits per heavy atom. The Kier molecular flexibility index (Phi) is 5.99. The SMILES string of the molecule is O=c1c(Cl)c(C(F)(F)F)nc(Nc2ccc([N+](=O)[O-])cc2)n1Cc1ccc(Cl)cc1. The van der Waals surface area contributed by atoms with Gasteiger partial charge in [0.25, 0.3) is 11.2 Å². The van der Waals surface area contributed by atoms with Gasteiger partial charge in [0.2, 0.25) is 5.95 Å². The predicted octanol–water partition coefficient (Wildman–Crippen LogP) is 5.27. The number of benzene rings is 2. The first kappa shape index (κ1) is 21.6. The van der Waals surface area contributed by atoms with Crippen molar-refractivity contribution < 1.29 is 18.1 Å². The van der Waals surface area contributed by atoms with E-state index in [4.69, 9.17) is 23.2 Å². The molecule has 0 spiro atoms. The molecule has 0 bridgehead atoms. The van der Waals surface area contributed by atoms with E-state index < -0.39 is 33.3 Å². The molecule has 1 N–H and O–H groups in total. The van der Waals surface area contributed by atoms with Gasteiger partial charge >= 0.3 is 6.18 Å². The topological polar surface area (TPSA) is 90.1 Å². The summed E-state index contributed by atoms with van der Waals surface area (Å²) in [7, 11) is 0. The summed E-state index contributed by atoms with van der Waals surface area (Å²) in [6, 6.07) is 11.2. The lowest BCUT2D eigenvalue weighted by Crippen LogP contribution is -2.29. The molecule has 12 heteroatoms. The Hall–Kier alpha value is -3.11. The zero-order valence-corrected chi connectivity index (χ0v) is 16.3. The van der Waals surface area contributed by atoms with Gasteiger partial charge in [0.15, 0.2) is 5.69 Å². The second-order valence-electron chi connectivity index (χ2n) is 6.04. The van der Waals surface area contributed by atoms with Crippen molar-refractivity contribution in [3.63, 3.8) is 0 Å². The van der Waals surface area contributed by atoms with Crippen LogP contribution in [0.5, 0.6) is 0 Å². The normalized spacial score (nSPS) is 11.4. The summed E-state index contributed by atoms with van der Waals surface area (Å²) in [5.74, 6) is -0.430. The first-order chi connectivity index (χ1) is 14.1. The quantitative estimate of drug-likeness (QED) is 0.415. The molecule has 0 aliphatic rings. The maximum atomic E-state index is 13.3. The summed E-state index contributed by atoms with van der Waals surface area (Å²) < 4.78 is 40.8. The van der Waals surface area contributed by atoms with Crippen molar-refractivity contribution in [3.8, 4) is 0 Å². The molecule has 30 heavy (non-hydrogen) atoms. The molecule has 0 radical (unpaired) electrons. The summed E-state index contributed by atoms with van der Waals surface area (Å²) in [5, 5.41) is 12.7. The Balaban J connectivity index is 2.09. The minimum absolute atomic E-state index is 0.143. The highest BCUT2D eigenvalue weighted by Crippen LogP contribution is 2.33. The van der Waals surface area contributed by atoms with Gasteiger partial charge in [-0.15, -0.1) is 0 Å². The number of nitrogens with one attached hydrogen (secondary N) is 1. The zero-order chi connectivity index (χ0) is 22.1. The standard InChI is InChI=1S/C18H11Cl2F3N4O3/c19-11-3-1-10(2-4-11)9-26-16(28)14(20)15(18(21,22)23)25-17(26)24-12-5-7-13(8-6-12)27(29)30/h1-8H,9H2,(H,24,25). The molecule has 1 heterocycles. The molecule has 0 fully saturated rings. The second kappa shape index (κ2) is 8.33. The minimum atomic E-state index is -4.96. The van der Waals surface area contributed by atoms with Crippen LogP contribution in [0.1, 0.15) is 11.3 Å². The van der Waals surface area contributed by atoms with Crippen LogP contribution >= 0.6 is 23.2 Å². The summed E-state index contributed by atoms with van der Waals surface area (Å²) in [6.45, 7) is -0.143. The number of anilines is 2. The molecular formula is C18H11Cl2F3N4O3. The molecule has 0 unspecified atom stereocenters. The Labute approximate surface area is 176 Å². The lowest BCUT2D eigenvalue weighted by molar-refractivity contribution is -0.384. The summed E-state index contributed by atoms with van der Waals surface area (Å²) in [5.41, 5.74) is -2.10. The van der Waals surface area contributed by atoms with Gasteiger partial charge in [-0.25, -0.2) is 4.98 Å². The van der Waals surface area contributed by atoms with E-state index in [1.165, 1.54) is 12.1 Å². The molecule has 1 aromatic heterocycles. The molecule has 0 aliphatic heterocycles. The number of non-ortho nitro benzene ring substituents is 1. The van der Waals surface area contributed by atoms with Gasteiger partial charge in [-0.1, -0.05) is 35.3 Å². The Bertz CT molecular complexity index is 1150. The minimum Gasteiger partial charge on any atom is -0.326 e. The van der Waals surface area contributed by atoms with E-state index in [9.17, 15) is 28.1 Å². The number of hydrogen-bond acceptors (Lipinski definition) is 5. The maximum absolute atomic E-state index is 13.3. The lowest BCUT2D eigenvalue weighted by Gasteiger charge is -2.17. The van der Waals surface area contributed by atoms with Crippen molar-refractivity contribution in [2.24, 2.45) is 0 Å². The molecular weight excluding hydrogens is 448 g/mol. The van der Waals surface area contributed by atoms with Crippen LogP contribution in [0.2, 0.25) is 10.0 Å². The van der Waals surface area contributed by atoms with Gasteiger partial charge in [-0.3, -0.25) is 19.5 Å². The van der Waals surface area contributed by atoms with Crippen LogP contribution in [0.15, 0.2) is 53.3 Å². The Morgan fingerprint density at radius 3 is 2.20 bits per heavy atom. The Morgan fingerprint density at radius 1 is 1.07 bits per heavy atom. The molecule has 0 amide bonds. The highest BCUT2D eigenvalue weighted by molar-refractivity contribution is 6.31. The number of alkyl halides is 3. The number of nitro groups is 1. The van der Waals surface area contributed by atoms with Crippen molar-refractivity contribution in [2.45, 2.75) is 12.7 Å². The predicted molar refractivity (Wildman–Crippen MR) is 105 cm³/mol. The average Bonchev–Trinajstić information content (AvgIpc) is 2.68. The van der Waals surface area contributed by atoms with Crippen LogP contribution in [0.25, 0.3) is 0 Å². The van der Waals surface area contributed by atoms with Gasteiger partial charge < -0.3 is 5.32 Å². The van der Waals surface area contributed by atoms with Crippen molar-refractivity contribution in [2.75, 3.05) is 5.32 Å². The van der Waals surface area contributed by atoms with Crippen molar-refractivity contribution in [1.82, 2.24) is 9.55 Å². The van der Waals surface area contributed by atoms with Gasteiger partial charge in [-0.05, 0) is 29.8 Å². The summed E-state index contributed by atoms with van der Waals surface area (Å²) >= 11 is 11.5. The van der Waals surface area contributed by atoms with Crippen LogP contribution in [-0.4, -0.2) is 14.5 Å². The van der Waals surface area contributed by atoms with Gasteiger partial charge in [0.1, 0.15) is 5.02 Å². The third-order valence-electron chi connectivity index (χ3n) is 3.97. The third kappa shape index (κ3) is 4.71. The highest BCUT2D eigenvalue weighted by Gasteiger charge is 2.38. The molecule has 2 aromatic carbocycles. The van der Waals surface area contributed by atoms with Gasteiger partial charge in [0.05, 0.1) is 11.5 Å². The highest BCUT2D eigenvalue weighted by atomic mass is 35.5. The average molecular weight is 459 g/mol. The smallest absolute Gasteiger partial charge is 0.326 e. The number of hydrogen-bond donors (Lipinski definition) is 1. The molecule has 3 aromatic rings. The van der Waals surface area contributed by atoms with E-state index in [1.54, 1.807) is 24.3 Å². The number of rotatable bonds is 5. The van der Waals surface area contributed by atoms with Crippen LogP contribution < -0.4 is 10.9 Å². The van der Waals surface area contributed by atoms with Crippen molar-refractivity contribution >= 4 is 40.5 Å². The summed E-state index contributed by atoms with van der Waals surface area (Å²) in [4.78, 5) is 26.2. The van der Waals surface area contributed by atoms with E-state index in [2.05, 4.69) is 10.3 Å². The van der Waals surface area contributed by atoms with Gasteiger partial charge in [0, 0.05) is 22.8 Å². The second-order valence-corrected chi connectivity index (χ2v) is 6.86. The molecule has 156 valence electrons.